The van der Waals surface area contributed by atoms with Crippen LogP contribution in [0.2, 0.25) is 0 Å². The Morgan fingerprint density at radius 2 is 1.81 bits per heavy atom. The van der Waals surface area contributed by atoms with Crippen LogP contribution in [0.15, 0.2) is 59.0 Å². The Balaban J connectivity index is 0.00000243. The van der Waals surface area contributed by atoms with Crippen LogP contribution in [-0.4, -0.2) is 28.2 Å². The lowest BCUT2D eigenvalue weighted by Gasteiger charge is -2.13. The largest absolute Gasteiger partial charge is 0.480 e. The number of hydrogen-bond donors (Lipinski definition) is 2. The first kappa shape index (κ1) is 19.5. The molecule has 1 atom stereocenters. The second kappa shape index (κ2) is 9.00. The molecule has 3 rings (SSSR count). The van der Waals surface area contributed by atoms with Gasteiger partial charge in [0, 0.05) is 0 Å². The summed E-state index contributed by atoms with van der Waals surface area (Å²) in [6, 6.07) is 15.0. The first-order valence-electron chi connectivity index (χ1n) is 7.66. The molecule has 26 heavy (non-hydrogen) atoms. The van der Waals surface area contributed by atoms with E-state index in [1.807, 2.05) is 24.3 Å². The number of nitrogens with one attached hydrogen (secondary N) is 1. The van der Waals surface area contributed by atoms with Gasteiger partial charge in [0.2, 0.25) is 0 Å². The van der Waals surface area contributed by atoms with E-state index in [0.29, 0.717) is 11.1 Å². The number of para-hydroxylation sites is 2. The van der Waals surface area contributed by atoms with Gasteiger partial charge in [-0.1, -0.05) is 42.5 Å². The summed E-state index contributed by atoms with van der Waals surface area (Å²) < 4.78 is 10.5. The maximum absolute atomic E-state index is 11.8. The van der Waals surface area contributed by atoms with Crippen molar-refractivity contribution in [3.05, 3.63) is 66.1 Å². The molecule has 0 saturated carbocycles. The number of fused-ring (bicyclic) bond motifs is 1. The van der Waals surface area contributed by atoms with Crippen LogP contribution in [0.5, 0.6) is 0 Å². The minimum Gasteiger partial charge on any atom is -0.480 e. The van der Waals surface area contributed by atoms with E-state index in [1.165, 1.54) is 0 Å². The van der Waals surface area contributed by atoms with Gasteiger partial charge in [-0.15, -0.1) is 17.0 Å². The SMILES string of the molecule is Br.O=C(NC(Cc1nc2ccccc2o1)C(=O)O)OCc1ccccc1. The van der Waals surface area contributed by atoms with Gasteiger partial charge in [-0.3, -0.25) is 0 Å². The first-order chi connectivity index (χ1) is 12.1. The number of benzene rings is 2. The second-order valence-corrected chi connectivity index (χ2v) is 5.38. The molecule has 1 heterocycles. The van der Waals surface area contributed by atoms with Gasteiger partial charge in [0.25, 0.3) is 0 Å². The van der Waals surface area contributed by atoms with Crippen LogP contribution in [0.1, 0.15) is 11.5 Å². The lowest BCUT2D eigenvalue weighted by Crippen LogP contribution is -2.42. The lowest BCUT2D eigenvalue weighted by atomic mass is 10.2. The Labute approximate surface area is 159 Å². The number of carboxylic acid groups (broad SMARTS) is 1. The number of carbonyl (C=O) groups excluding carboxylic acids is 1. The number of aromatic nitrogens is 1. The number of ether oxygens (including phenoxy) is 1. The van der Waals surface area contributed by atoms with Gasteiger partial charge < -0.3 is 19.6 Å². The van der Waals surface area contributed by atoms with Crippen LogP contribution in [-0.2, 0) is 22.6 Å². The Hall–Kier alpha value is -2.87. The Kier molecular flexibility index (Phi) is 6.74. The zero-order valence-electron chi connectivity index (χ0n) is 13.6. The average Bonchev–Trinajstić information content (AvgIpc) is 3.02. The molecule has 0 spiro atoms. The summed E-state index contributed by atoms with van der Waals surface area (Å²) in [5, 5.41) is 11.6. The molecule has 1 amide bonds. The molecule has 0 aliphatic carbocycles. The highest BCUT2D eigenvalue weighted by Gasteiger charge is 2.23. The van der Waals surface area contributed by atoms with Crippen LogP contribution >= 0.6 is 17.0 Å². The lowest BCUT2D eigenvalue weighted by molar-refractivity contribution is -0.139. The fourth-order valence-corrected chi connectivity index (χ4v) is 2.29. The van der Waals surface area contributed by atoms with E-state index in [9.17, 15) is 14.7 Å². The van der Waals surface area contributed by atoms with Crippen molar-refractivity contribution in [3.63, 3.8) is 0 Å². The molecule has 0 bridgehead atoms. The zero-order chi connectivity index (χ0) is 17.6. The van der Waals surface area contributed by atoms with Crippen molar-refractivity contribution in [2.24, 2.45) is 0 Å². The van der Waals surface area contributed by atoms with E-state index in [0.717, 1.165) is 5.56 Å². The van der Waals surface area contributed by atoms with Gasteiger partial charge in [0.1, 0.15) is 18.2 Å². The topological polar surface area (TPSA) is 102 Å². The number of oxazole rings is 1. The number of halogens is 1. The molecule has 0 aliphatic rings. The molecule has 136 valence electrons. The third-order valence-electron chi connectivity index (χ3n) is 3.52. The van der Waals surface area contributed by atoms with Crippen LogP contribution < -0.4 is 5.32 Å². The monoisotopic (exact) mass is 420 g/mol. The van der Waals surface area contributed by atoms with Gasteiger partial charge in [-0.2, -0.15) is 0 Å². The van der Waals surface area contributed by atoms with Crippen molar-refractivity contribution in [1.82, 2.24) is 10.3 Å². The first-order valence-corrected chi connectivity index (χ1v) is 7.66. The maximum Gasteiger partial charge on any atom is 0.408 e. The molecule has 2 N–H and O–H groups in total. The standard InChI is InChI=1S/C18H16N2O5.BrH/c21-17(22)14(10-16-19-13-8-4-5-9-15(13)25-16)20-18(23)24-11-12-6-2-1-3-7-12;/h1-9,14H,10-11H2,(H,20,23)(H,21,22);1H. The molecular formula is C18H17BrN2O5. The van der Waals surface area contributed by atoms with Crippen LogP contribution in [0.3, 0.4) is 0 Å². The van der Waals surface area contributed by atoms with E-state index < -0.39 is 18.1 Å². The highest BCUT2D eigenvalue weighted by molar-refractivity contribution is 8.93. The van der Waals surface area contributed by atoms with Gasteiger partial charge in [0.05, 0.1) is 6.42 Å². The highest BCUT2D eigenvalue weighted by atomic mass is 79.9. The van der Waals surface area contributed by atoms with Crippen molar-refractivity contribution in [2.75, 3.05) is 0 Å². The third kappa shape index (κ3) is 5.06. The van der Waals surface area contributed by atoms with Crippen LogP contribution in [0.25, 0.3) is 11.1 Å². The minimum absolute atomic E-state index is 0. The number of carbonyl (C=O) groups is 2. The number of amides is 1. The molecule has 3 aromatic rings. The smallest absolute Gasteiger partial charge is 0.408 e. The minimum atomic E-state index is -1.20. The van der Waals surface area contributed by atoms with Crippen molar-refractivity contribution in [2.45, 2.75) is 19.1 Å². The van der Waals surface area contributed by atoms with E-state index in [2.05, 4.69) is 10.3 Å². The molecule has 1 unspecified atom stereocenters. The molecular weight excluding hydrogens is 404 g/mol. The van der Waals surface area contributed by atoms with Gasteiger partial charge in [-0.25, -0.2) is 14.6 Å². The van der Waals surface area contributed by atoms with Gasteiger partial charge in [0.15, 0.2) is 11.5 Å². The van der Waals surface area contributed by atoms with Crippen molar-refractivity contribution in [1.29, 1.82) is 0 Å². The quantitative estimate of drug-likeness (QED) is 0.633. The molecule has 0 radical (unpaired) electrons. The Morgan fingerprint density at radius 3 is 2.50 bits per heavy atom. The van der Waals surface area contributed by atoms with Crippen molar-refractivity contribution < 1.29 is 23.8 Å². The average molecular weight is 421 g/mol. The van der Waals surface area contributed by atoms with Gasteiger partial charge in [-0.05, 0) is 17.7 Å². The summed E-state index contributed by atoms with van der Waals surface area (Å²) >= 11 is 0. The predicted molar refractivity (Wildman–Crippen MR) is 99.2 cm³/mol. The van der Waals surface area contributed by atoms with Crippen LogP contribution in [0, 0.1) is 0 Å². The summed E-state index contributed by atoms with van der Waals surface area (Å²) in [5.74, 6) is -0.962. The summed E-state index contributed by atoms with van der Waals surface area (Å²) in [6.45, 7) is 0.0574. The molecule has 0 fully saturated rings. The van der Waals surface area contributed by atoms with Gasteiger partial charge >= 0.3 is 12.1 Å². The van der Waals surface area contributed by atoms with Crippen molar-refractivity contribution >= 4 is 40.1 Å². The number of nitrogens with zero attached hydrogens (tertiary/aromatic N) is 1. The highest BCUT2D eigenvalue weighted by Crippen LogP contribution is 2.16. The number of rotatable bonds is 6. The molecule has 7 nitrogen and oxygen atoms in total. The van der Waals surface area contributed by atoms with Crippen molar-refractivity contribution in [3.8, 4) is 0 Å². The van der Waals surface area contributed by atoms with Crippen LogP contribution in [0.4, 0.5) is 4.79 Å². The number of alkyl carbamates (subject to hydrolysis) is 1. The molecule has 2 aromatic carbocycles. The molecule has 1 aromatic heterocycles. The normalized spacial score (nSPS) is 11.4. The van der Waals surface area contributed by atoms with E-state index in [-0.39, 0.29) is 35.9 Å². The van der Waals surface area contributed by atoms with E-state index in [1.54, 1.807) is 30.3 Å². The molecule has 0 saturated heterocycles. The molecule has 8 heteroatoms. The fraction of sp³-hybridized carbons (Fsp3) is 0.167. The Bertz CT molecular complexity index is 848. The number of hydrogen-bond acceptors (Lipinski definition) is 5. The second-order valence-electron chi connectivity index (χ2n) is 5.38. The maximum atomic E-state index is 11.8. The summed E-state index contributed by atoms with van der Waals surface area (Å²) in [7, 11) is 0. The van der Waals surface area contributed by atoms with E-state index >= 15 is 0 Å². The number of aliphatic carboxylic acids is 1. The molecule has 0 aliphatic heterocycles. The van der Waals surface area contributed by atoms with E-state index in [4.69, 9.17) is 9.15 Å². The third-order valence-corrected chi connectivity index (χ3v) is 3.52. The zero-order valence-corrected chi connectivity index (χ0v) is 15.3. The number of carboxylic acids is 1. The predicted octanol–water partition coefficient (Wildman–Crippen LogP) is 3.33. The summed E-state index contributed by atoms with van der Waals surface area (Å²) in [5.41, 5.74) is 2.00. The summed E-state index contributed by atoms with van der Waals surface area (Å²) in [6.07, 6.45) is -0.892. The summed E-state index contributed by atoms with van der Waals surface area (Å²) in [4.78, 5) is 27.4. The Morgan fingerprint density at radius 1 is 1.12 bits per heavy atom. The fourth-order valence-electron chi connectivity index (χ4n) is 2.29.